The van der Waals surface area contributed by atoms with Gasteiger partial charge in [-0.25, -0.2) is 9.78 Å². The summed E-state index contributed by atoms with van der Waals surface area (Å²) in [6.07, 6.45) is 1.45. The molecule has 3 aromatic heterocycles. The van der Waals surface area contributed by atoms with Gasteiger partial charge in [0.15, 0.2) is 0 Å². The molecule has 0 atom stereocenters. The maximum absolute atomic E-state index is 11.0. The van der Waals surface area contributed by atoms with Gasteiger partial charge in [0.1, 0.15) is 9.34 Å². The van der Waals surface area contributed by atoms with Crippen LogP contribution >= 0.6 is 45.9 Å². The number of nitrogens with zero attached hydrogens (tertiary/aromatic N) is 2. The zero-order valence-electron chi connectivity index (χ0n) is 10.2. The lowest BCUT2D eigenvalue weighted by Crippen LogP contribution is -1.97. The fourth-order valence-electron chi connectivity index (χ4n) is 1.71. The molecule has 0 aliphatic rings. The monoisotopic (exact) mass is 356 g/mol. The van der Waals surface area contributed by atoms with E-state index in [1.807, 2.05) is 5.38 Å². The Morgan fingerprint density at radius 3 is 2.71 bits per heavy atom. The van der Waals surface area contributed by atoms with Crippen molar-refractivity contribution < 1.29 is 9.90 Å². The molecular weight excluding hydrogens is 351 g/mol. The number of thiophene rings is 1. The minimum absolute atomic E-state index is 0.174. The molecule has 0 fully saturated rings. The first-order valence-electron chi connectivity index (χ1n) is 5.65. The topological polar surface area (TPSA) is 63.1 Å². The van der Waals surface area contributed by atoms with Gasteiger partial charge in [0.25, 0.3) is 0 Å². The van der Waals surface area contributed by atoms with Crippen LogP contribution in [0.2, 0.25) is 8.67 Å². The standard InChI is InChI=1S/C13H6Cl2N2O2S2/c14-10-4-7(11(15)21-10)9-5-20-12(17-9)8-3-6(13(18)19)1-2-16-8/h1-5H,(H,18,19). The lowest BCUT2D eigenvalue weighted by atomic mass is 10.2. The van der Waals surface area contributed by atoms with Gasteiger partial charge in [0.2, 0.25) is 0 Å². The minimum atomic E-state index is -0.997. The lowest BCUT2D eigenvalue weighted by molar-refractivity contribution is 0.0697. The van der Waals surface area contributed by atoms with Crippen molar-refractivity contribution in [1.82, 2.24) is 9.97 Å². The maximum Gasteiger partial charge on any atom is 0.335 e. The molecule has 1 N–H and O–H groups in total. The molecule has 0 bridgehead atoms. The molecule has 3 rings (SSSR count). The maximum atomic E-state index is 11.0. The highest BCUT2D eigenvalue weighted by Crippen LogP contribution is 2.39. The van der Waals surface area contributed by atoms with E-state index >= 15 is 0 Å². The molecule has 0 aromatic carbocycles. The second-order valence-electron chi connectivity index (χ2n) is 4.01. The van der Waals surface area contributed by atoms with Crippen LogP contribution in [-0.2, 0) is 0 Å². The molecule has 4 nitrogen and oxygen atoms in total. The number of hydrogen-bond donors (Lipinski definition) is 1. The number of halogens is 2. The molecule has 8 heteroatoms. The fourth-order valence-corrected chi connectivity index (χ4v) is 3.98. The first-order chi connectivity index (χ1) is 10.0. The van der Waals surface area contributed by atoms with Crippen molar-refractivity contribution in [2.24, 2.45) is 0 Å². The molecule has 0 saturated carbocycles. The Labute approximate surface area is 137 Å². The predicted molar refractivity (Wildman–Crippen MR) is 85.6 cm³/mol. The van der Waals surface area contributed by atoms with E-state index in [4.69, 9.17) is 28.3 Å². The predicted octanol–water partition coefficient (Wildman–Crippen LogP) is 4.94. The highest BCUT2D eigenvalue weighted by Gasteiger charge is 2.14. The van der Waals surface area contributed by atoms with Crippen molar-refractivity contribution in [3.8, 4) is 22.0 Å². The highest BCUT2D eigenvalue weighted by molar-refractivity contribution is 7.20. The van der Waals surface area contributed by atoms with Crippen LogP contribution in [0.3, 0.4) is 0 Å². The summed E-state index contributed by atoms with van der Waals surface area (Å²) in [5.41, 5.74) is 2.16. The number of aromatic nitrogens is 2. The molecule has 0 spiro atoms. The van der Waals surface area contributed by atoms with Crippen LogP contribution in [-0.4, -0.2) is 21.0 Å². The zero-order valence-corrected chi connectivity index (χ0v) is 13.4. The van der Waals surface area contributed by atoms with Crippen molar-refractivity contribution >= 4 is 51.8 Å². The van der Waals surface area contributed by atoms with Crippen LogP contribution in [0.1, 0.15) is 10.4 Å². The quantitative estimate of drug-likeness (QED) is 0.721. The van der Waals surface area contributed by atoms with Crippen LogP contribution < -0.4 is 0 Å². The van der Waals surface area contributed by atoms with Gasteiger partial charge in [-0.15, -0.1) is 22.7 Å². The van der Waals surface area contributed by atoms with Gasteiger partial charge in [-0.05, 0) is 18.2 Å². The molecule has 0 saturated heterocycles. The van der Waals surface area contributed by atoms with E-state index < -0.39 is 5.97 Å². The Morgan fingerprint density at radius 2 is 2.05 bits per heavy atom. The summed E-state index contributed by atoms with van der Waals surface area (Å²) in [6.45, 7) is 0. The molecule has 0 amide bonds. The number of rotatable bonds is 3. The van der Waals surface area contributed by atoms with Crippen LogP contribution in [0.25, 0.3) is 22.0 Å². The van der Waals surface area contributed by atoms with Crippen LogP contribution in [0.4, 0.5) is 0 Å². The number of carboxylic acid groups (broad SMARTS) is 1. The second-order valence-corrected chi connectivity index (χ2v) is 7.15. The fraction of sp³-hybridized carbons (Fsp3) is 0. The summed E-state index contributed by atoms with van der Waals surface area (Å²) in [6, 6.07) is 4.69. The average molecular weight is 357 g/mol. The van der Waals surface area contributed by atoms with Gasteiger partial charge in [0.05, 0.1) is 21.3 Å². The summed E-state index contributed by atoms with van der Waals surface area (Å²) in [5.74, 6) is -0.997. The minimum Gasteiger partial charge on any atom is -0.478 e. The largest absolute Gasteiger partial charge is 0.478 e. The van der Waals surface area contributed by atoms with Crippen molar-refractivity contribution in [1.29, 1.82) is 0 Å². The summed E-state index contributed by atoms with van der Waals surface area (Å²) in [7, 11) is 0. The van der Waals surface area contributed by atoms with Crippen LogP contribution in [0.5, 0.6) is 0 Å². The van der Waals surface area contributed by atoms with E-state index in [0.29, 0.717) is 25.1 Å². The summed E-state index contributed by atoms with van der Waals surface area (Å²) in [4.78, 5) is 19.6. The van der Waals surface area contributed by atoms with Gasteiger partial charge in [-0.1, -0.05) is 23.2 Å². The van der Waals surface area contributed by atoms with Gasteiger partial charge in [-0.2, -0.15) is 0 Å². The van der Waals surface area contributed by atoms with Gasteiger partial charge in [0, 0.05) is 17.1 Å². The third-order valence-electron chi connectivity index (χ3n) is 2.66. The summed E-state index contributed by atoms with van der Waals surface area (Å²) in [5, 5.41) is 11.5. The molecule has 0 unspecified atom stereocenters. The Balaban J connectivity index is 2.00. The third-order valence-corrected chi connectivity index (χ3v) is 5.02. The van der Waals surface area contributed by atoms with Gasteiger partial charge in [-0.3, -0.25) is 4.98 Å². The molecule has 3 aromatic rings. The second kappa shape index (κ2) is 5.73. The molecule has 0 aliphatic heterocycles. The normalized spacial score (nSPS) is 10.8. The van der Waals surface area contributed by atoms with Crippen molar-refractivity contribution in [2.75, 3.05) is 0 Å². The number of aromatic carboxylic acids is 1. The molecular formula is C13H6Cl2N2O2S2. The van der Waals surface area contributed by atoms with Crippen molar-refractivity contribution in [2.45, 2.75) is 0 Å². The smallest absolute Gasteiger partial charge is 0.335 e. The van der Waals surface area contributed by atoms with Crippen LogP contribution in [0, 0.1) is 0 Å². The van der Waals surface area contributed by atoms with E-state index in [0.717, 1.165) is 5.56 Å². The first kappa shape index (κ1) is 14.5. The number of carbonyl (C=O) groups is 1. The number of hydrogen-bond acceptors (Lipinski definition) is 5. The van der Waals surface area contributed by atoms with Gasteiger partial charge >= 0.3 is 5.97 Å². The van der Waals surface area contributed by atoms with E-state index in [1.54, 1.807) is 6.07 Å². The lowest BCUT2D eigenvalue weighted by Gasteiger charge is -1.97. The third kappa shape index (κ3) is 2.94. The zero-order chi connectivity index (χ0) is 15.0. The molecule has 0 aliphatic carbocycles. The summed E-state index contributed by atoms with van der Waals surface area (Å²) < 4.78 is 1.17. The van der Waals surface area contributed by atoms with E-state index in [-0.39, 0.29) is 5.56 Å². The summed E-state index contributed by atoms with van der Waals surface area (Å²) >= 11 is 14.7. The number of thiazole rings is 1. The van der Waals surface area contributed by atoms with Crippen LogP contribution in [0.15, 0.2) is 29.8 Å². The Bertz CT molecular complexity index is 829. The first-order valence-corrected chi connectivity index (χ1v) is 8.10. The number of carboxylic acids is 1. The Hall–Kier alpha value is -1.47. The van der Waals surface area contributed by atoms with Crippen molar-refractivity contribution in [3.63, 3.8) is 0 Å². The van der Waals surface area contributed by atoms with E-state index in [2.05, 4.69) is 9.97 Å². The molecule has 106 valence electrons. The molecule has 21 heavy (non-hydrogen) atoms. The van der Waals surface area contributed by atoms with Gasteiger partial charge < -0.3 is 5.11 Å². The number of pyridine rings is 1. The Morgan fingerprint density at radius 1 is 1.24 bits per heavy atom. The van der Waals surface area contributed by atoms with E-state index in [9.17, 15) is 4.79 Å². The highest BCUT2D eigenvalue weighted by atomic mass is 35.5. The van der Waals surface area contributed by atoms with Crippen molar-refractivity contribution in [3.05, 3.63) is 44.0 Å². The Kier molecular flexibility index (Phi) is 3.95. The molecule has 0 radical (unpaired) electrons. The molecule has 3 heterocycles. The average Bonchev–Trinajstić information content (AvgIpc) is 3.05. The van der Waals surface area contributed by atoms with E-state index in [1.165, 1.54) is 41.0 Å². The SMILES string of the molecule is O=C(O)c1ccnc(-c2nc(-c3cc(Cl)sc3Cl)cs2)c1.